The molecule has 0 spiro atoms. The van der Waals surface area contributed by atoms with Crippen LogP contribution in [0.15, 0.2) is 54.6 Å². The number of carbonyl (C=O) groups is 2. The average molecular weight is 338 g/mol. The van der Waals surface area contributed by atoms with E-state index in [0.29, 0.717) is 11.5 Å². The zero-order valence-corrected chi connectivity index (χ0v) is 13.5. The number of benzene rings is 2. The van der Waals surface area contributed by atoms with Gasteiger partial charge in [-0.05, 0) is 30.5 Å². The molecule has 2 aromatic rings. The lowest BCUT2D eigenvalue weighted by atomic mass is 9.95. The number of hydrogen-bond donors (Lipinski definition) is 2. The molecule has 1 aliphatic carbocycles. The molecule has 6 heteroatoms. The quantitative estimate of drug-likeness (QED) is 0.835. The van der Waals surface area contributed by atoms with Gasteiger partial charge in [0.25, 0.3) is 5.91 Å². The third kappa shape index (κ3) is 2.91. The SMILES string of the molecule is O=C(NNC(=O)C1(c2ccccc2)CC1)C1COc2ccccc2O1. The van der Waals surface area contributed by atoms with Gasteiger partial charge < -0.3 is 9.47 Å². The lowest BCUT2D eigenvalue weighted by Gasteiger charge is -2.26. The Kier molecular flexibility index (Phi) is 3.80. The van der Waals surface area contributed by atoms with Crippen LogP contribution in [-0.2, 0) is 15.0 Å². The van der Waals surface area contributed by atoms with E-state index in [1.807, 2.05) is 36.4 Å². The maximum atomic E-state index is 12.5. The van der Waals surface area contributed by atoms with Crippen molar-refractivity contribution >= 4 is 11.8 Å². The van der Waals surface area contributed by atoms with E-state index in [-0.39, 0.29) is 12.5 Å². The van der Waals surface area contributed by atoms with Crippen molar-refractivity contribution in [3.63, 3.8) is 0 Å². The monoisotopic (exact) mass is 338 g/mol. The molecular formula is C19H18N2O4. The molecule has 1 saturated carbocycles. The Bertz CT molecular complexity index is 802. The molecule has 6 nitrogen and oxygen atoms in total. The molecule has 4 rings (SSSR count). The molecule has 128 valence electrons. The first-order valence-electron chi connectivity index (χ1n) is 8.23. The highest BCUT2D eigenvalue weighted by molar-refractivity contribution is 5.93. The normalized spacial score (nSPS) is 19.6. The third-order valence-corrected chi connectivity index (χ3v) is 4.61. The third-order valence-electron chi connectivity index (χ3n) is 4.61. The molecule has 0 bridgehead atoms. The van der Waals surface area contributed by atoms with Crippen molar-refractivity contribution in [2.24, 2.45) is 0 Å². The van der Waals surface area contributed by atoms with E-state index in [4.69, 9.17) is 9.47 Å². The minimum absolute atomic E-state index is 0.0997. The van der Waals surface area contributed by atoms with E-state index in [2.05, 4.69) is 10.9 Å². The Balaban J connectivity index is 1.36. The maximum Gasteiger partial charge on any atom is 0.283 e. The summed E-state index contributed by atoms with van der Waals surface area (Å²) < 4.78 is 11.1. The fraction of sp³-hybridized carbons (Fsp3) is 0.263. The topological polar surface area (TPSA) is 76.7 Å². The minimum Gasteiger partial charge on any atom is -0.485 e. The first-order valence-corrected chi connectivity index (χ1v) is 8.23. The summed E-state index contributed by atoms with van der Waals surface area (Å²) in [7, 11) is 0. The second-order valence-electron chi connectivity index (χ2n) is 6.26. The molecular weight excluding hydrogens is 320 g/mol. The minimum atomic E-state index is -0.804. The summed E-state index contributed by atoms with van der Waals surface area (Å²) in [6.07, 6.45) is 0.742. The second-order valence-corrected chi connectivity index (χ2v) is 6.26. The van der Waals surface area contributed by atoms with Crippen LogP contribution in [0.2, 0.25) is 0 Å². The number of nitrogens with one attached hydrogen (secondary N) is 2. The van der Waals surface area contributed by atoms with E-state index in [1.165, 1.54) is 0 Å². The molecule has 2 N–H and O–H groups in total. The number of fused-ring (bicyclic) bond motifs is 1. The number of rotatable bonds is 3. The Morgan fingerprint density at radius 2 is 1.60 bits per heavy atom. The zero-order valence-electron chi connectivity index (χ0n) is 13.5. The van der Waals surface area contributed by atoms with Gasteiger partial charge in [-0.2, -0.15) is 0 Å². The molecule has 2 amide bonds. The molecule has 2 aromatic carbocycles. The van der Waals surface area contributed by atoms with Gasteiger partial charge in [0.05, 0.1) is 5.41 Å². The van der Waals surface area contributed by atoms with Crippen LogP contribution in [-0.4, -0.2) is 24.5 Å². The van der Waals surface area contributed by atoms with Gasteiger partial charge in [0.2, 0.25) is 12.0 Å². The van der Waals surface area contributed by atoms with Crippen molar-refractivity contribution < 1.29 is 19.1 Å². The first-order chi connectivity index (χ1) is 12.2. The van der Waals surface area contributed by atoms with E-state index < -0.39 is 17.4 Å². The summed E-state index contributed by atoms with van der Waals surface area (Å²) in [5.74, 6) is 0.482. The van der Waals surface area contributed by atoms with Crippen LogP contribution < -0.4 is 20.3 Å². The lowest BCUT2D eigenvalue weighted by Crippen LogP contribution is -2.53. The van der Waals surface area contributed by atoms with E-state index >= 15 is 0 Å². The van der Waals surface area contributed by atoms with Crippen LogP contribution >= 0.6 is 0 Å². The second kappa shape index (κ2) is 6.12. The van der Waals surface area contributed by atoms with Crippen molar-refractivity contribution in [2.75, 3.05) is 6.61 Å². The highest BCUT2D eigenvalue weighted by Crippen LogP contribution is 2.48. The highest BCUT2D eigenvalue weighted by atomic mass is 16.6. The zero-order chi connectivity index (χ0) is 17.3. The van der Waals surface area contributed by atoms with Crippen LogP contribution in [0, 0.1) is 0 Å². The highest BCUT2D eigenvalue weighted by Gasteiger charge is 2.51. The fourth-order valence-electron chi connectivity index (χ4n) is 3.00. The fourth-order valence-corrected chi connectivity index (χ4v) is 3.00. The first kappa shape index (κ1) is 15.5. The van der Waals surface area contributed by atoms with Crippen molar-refractivity contribution in [1.29, 1.82) is 0 Å². The van der Waals surface area contributed by atoms with E-state index in [1.54, 1.807) is 18.2 Å². The molecule has 1 atom stereocenters. The number of hydrogen-bond acceptors (Lipinski definition) is 4. The number of amides is 2. The predicted molar refractivity (Wildman–Crippen MR) is 90.0 cm³/mol. The van der Waals surface area contributed by atoms with Crippen molar-refractivity contribution in [2.45, 2.75) is 24.4 Å². The van der Waals surface area contributed by atoms with Gasteiger partial charge in [-0.25, -0.2) is 0 Å². The van der Waals surface area contributed by atoms with Gasteiger partial charge >= 0.3 is 0 Å². The summed E-state index contributed by atoms with van der Waals surface area (Å²) in [6.45, 7) is 0.0997. The van der Waals surface area contributed by atoms with Crippen LogP contribution in [0.1, 0.15) is 18.4 Å². The largest absolute Gasteiger partial charge is 0.485 e. The van der Waals surface area contributed by atoms with E-state index in [0.717, 1.165) is 18.4 Å². The average Bonchev–Trinajstić information content (AvgIpc) is 3.48. The number of hydrazine groups is 1. The molecule has 1 unspecified atom stereocenters. The lowest BCUT2D eigenvalue weighted by molar-refractivity contribution is -0.135. The molecule has 0 aromatic heterocycles. The Morgan fingerprint density at radius 1 is 0.920 bits per heavy atom. The summed E-state index contributed by atoms with van der Waals surface area (Å²) in [4.78, 5) is 24.8. The van der Waals surface area contributed by atoms with E-state index in [9.17, 15) is 9.59 Å². The van der Waals surface area contributed by atoms with Crippen LogP contribution in [0.3, 0.4) is 0 Å². The predicted octanol–water partition coefficient (Wildman–Crippen LogP) is 1.71. The standard InChI is InChI=1S/C19H18N2O4/c22-17(16-12-24-14-8-4-5-9-15(14)25-16)20-21-18(23)19(10-11-19)13-6-2-1-3-7-13/h1-9,16H,10-12H2,(H,20,22)(H,21,23). The molecule has 0 radical (unpaired) electrons. The Hall–Kier alpha value is -3.02. The smallest absolute Gasteiger partial charge is 0.283 e. The summed E-state index contributed by atoms with van der Waals surface area (Å²) in [5, 5.41) is 0. The number of para-hydroxylation sites is 2. The number of ether oxygens (including phenoxy) is 2. The van der Waals surface area contributed by atoms with Crippen molar-refractivity contribution in [1.82, 2.24) is 10.9 Å². The van der Waals surface area contributed by atoms with Crippen LogP contribution in [0.25, 0.3) is 0 Å². The molecule has 2 aliphatic rings. The Morgan fingerprint density at radius 3 is 2.32 bits per heavy atom. The summed E-state index contributed by atoms with van der Waals surface area (Å²) in [5.41, 5.74) is 5.42. The van der Waals surface area contributed by atoms with Gasteiger partial charge in [0, 0.05) is 0 Å². The summed E-state index contributed by atoms with van der Waals surface area (Å²) in [6, 6.07) is 16.8. The van der Waals surface area contributed by atoms with Gasteiger partial charge in [-0.3, -0.25) is 20.4 Å². The van der Waals surface area contributed by atoms with Gasteiger partial charge in [0.15, 0.2) is 11.5 Å². The van der Waals surface area contributed by atoms with Crippen molar-refractivity contribution in [3.8, 4) is 11.5 Å². The molecule has 1 fully saturated rings. The Labute approximate surface area is 145 Å². The molecule has 1 aliphatic heterocycles. The molecule has 25 heavy (non-hydrogen) atoms. The van der Waals surface area contributed by atoms with Crippen molar-refractivity contribution in [3.05, 3.63) is 60.2 Å². The molecule has 1 heterocycles. The van der Waals surface area contributed by atoms with Gasteiger partial charge in [-0.1, -0.05) is 42.5 Å². The van der Waals surface area contributed by atoms with Crippen LogP contribution in [0.5, 0.6) is 11.5 Å². The van der Waals surface area contributed by atoms with Gasteiger partial charge in [0.1, 0.15) is 6.61 Å². The van der Waals surface area contributed by atoms with Crippen LogP contribution in [0.4, 0.5) is 0 Å². The maximum absolute atomic E-state index is 12.5. The summed E-state index contributed by atoms with van der Waals surface area (Å²) >= 11 is 0. The van der Waals surface area contributed by atoms with Gasteiger partial charge in [-0.15, -0.1) is 0 Å². The number of carbonyl (C=O) groups excluding carboxylic acids is 2. The molecule has 0 saturated heterocycles.